The van der Waals surface area contributed by atoms with Crippen molar-refractivity contribution in [3.8, 4) is 28.0 Å². The Hall–Kier alpha value is -6.12. The fraction of sp³-hybridized carbons (Fsp3) is 0.0435. The van der Waals surface area contributed by atoms with Gasteiger partial charge in [-0.15, -0.1) is 0 Å². The van der Waals surface area contributed by atoms with E-state index >= 15 is 0 Å². The first-order chi connectivity index (χ1) is 23.8. The third-order valence-corrected chi connectivity index (χ3v) is 10.7. The Kier molecular flexibility index (Phi) is 5.25. The van der Waals surface area contributed by atoms with E-state index in [1.165, 1.54) is 87.8 Å². The molecule has 0 bridgehead atoms. The molecule has 2 aliphatic heterocycles. The van der Waals surface area contributed by atoms with Gasteiger partial charge >= 0.3 is 0 Å². The van der Waals surface area contributed by atoms with E-state index < -0.39 is 0 Å². The molecule has 224 valence electrons. The van der Waals surface area contributed by atoms with Crippen molar-refractivity contribution in [2.24, 2.45) is 0 Å². The lowest BCUT2D eigenvalue weighted by atomic mass is 9.86. The molecule has 2 nitrogen and oxygen atoms in total. The second-order valence-electron chi connectivity index (χ2n) is 13.2. The molecule has 9 aromatic rings. The van der Waals surface area contributed by atoms with Crippen LogP contribution in [0.4, 0.5) is 11.4 Å². The van der Waals surface area contributed by atoms with E-state index in [4.69, 9.17) is 4.74 Å². The highest BCUT2D eigenvalue weighted by molar-refractivity contribution is 6.28. The van der Waals surface area contributed by atoms with Gasteiger partial charge < -0.3 is 9.64 Å². The first-order valence-electron chi connectivity index (χ1n) is 16.7. The van der Waals surface area contributed by atoms with Crippen LogP contribution in [-0.4, -0.2) is 0 Å². The second kappa shape index (κ2) is 9.70. The summed E-state index contributed by atoms with van der Waals surface area (Å²) in [5.74, 6) is 0.984. The SMILES string of the molecule is c1cc(-c2ccc3ccc4c(-c5cccc6ccccc56)ccc5ccc2c3c54)cc(N2c3ccccc3C3Oc4ccccc4C32)c1. The molecule has 0 spiro atoms. The van der Waals surface area contributed by atoms with E-state index in [0.717, 1.165) is 5.75 Å². The first-order valence-corrected chi connectivity index (χ1v) is 16.7. The molecule has 0 aliphatic carbocycles. The highest BCUT2D eigenvalue weighted by atomic mass is 16.5. The lowest BCUT2D eigenvalue weighted by Crippen LogP contribution is -2.20. The Morgan fingerprint density at radius 2 is 1.08 bits per heavy atom. The number of rotatable bonds is 3. The molecule has 2 aliphatic rings. The molecular formula is C46H29NO. The monoisotopic (exact) mass is 611 g/mol. The molecule has 2 heterocycles. The maximum atomic E-state index is 6.57. The van der Waals surface area contributed by atoms with Crippen molar-refractivity contribution in [2.45, 2.75) is 12.1 Å². The first kappa shape index (κ1) is 26.0. The lowest BCUT2D eigenvalue weighted by Gasteiger charge is -2.27. The van der Waals surface area contributed by atoms with Crippen molar-refractivity contribution >= 4 is 54.5 Å². The number of para-hydroxylation sites is 2. The summed E-state index contributed by atoms with van der Waals surface area (Å²) in [6.45, 7) is 0. The number of anilines is 2. The average molecular weight is 612 g/mol. The van der Waals surface area contributed by atoms with Gasteiger partial charge in [0.15, 0.2) is 6.10 Å². The van der Waals surface area contributed by atoms with Gasteiger partial charge in [0.2, 0.25) is 0 Å². The number of hydrogen-bond acceptors (Lipinski definition) is 2. The van der Waals surface area contributed by atoms with Crippen LogP contribution in [0.25, 0.3) is 65.3 Å². The van der Waals surface area contributed by atoms with Gasteiger partial charge in [-0.25, -0.2) is 0 Å². The molecule has 0 fully saturated rings. The van der Waals surface area contributed by atoms with E-state index in [9.17, 15) is 0 Å². The number of fused-ring (bicyclic) bond motifs is 6. The Bertz CT molecular complexity index is 2740. The molecule has 9 aromatic carbocycles. The van der Waals surface area contributed by atoms with Gasteiger partial charge in [0.25, 0.3) is 0 Å². The van der Waals surface area contributed by atoms with Gasteiger partial charge in [0, 0.05) is 22.5 Å². The van der Waals surface area contributed by atoms with Crippen LogP contribution >= 0.6 is 0 Å². The number of ether oxygens (including phenoxy) is 1. The molecule has 0 saturated heterocycles. The van der Waals surface area contributed by atoms with E-state index in [2.05, 4.69) is 169 Å². The largest absolute Gasteiger partial charge is 0.483 e. The van der Waals surface area contributed by atoms with Crippen molar-refractivity contribution in [1.29, 1.82) is 0 Å². The summed E-state index contributed by atoms with van der Waals surface area (Å²) in [4.78, 5) is 2.49. The lowest BCUT2D eigenvalue weighted by molar-refractivity contribution is 0.223. The molecule has 2 heteroatoms. The maximum absolute atomic E-state index is 6.57. The standard InChI is InChI=1S/C46H29NO/c1-2-13-33-28(9-1)10-8-16-35(33)36-24-20-30-21-25-37-34(23-19-29-22-26-38(36)44(30)43(29)37)31-11-7-12-32(27-31)47-41-17-5-3-14-39(41)46-45(47)40-15-4-6-18-42(40)48-46/h1-27,45-46H. The zero-order valence-electron chi connectivity index (χ0n) is 26.1. The van der Waals surface area contributed by atoms with Gasteiger partial charge in [0.05, 0.1) is 0 Å². The topological polar surface area (TPSA) is 12.5 Å². The van der Waals surface area contributed by atoms with Gasteiger partial charge in [-0.05, 0) is 89.6 Å². The highest BCUT2D eigenvalue weighted by Gasteiger charge is 2.47. The normalized spacial score (nSPS) is 16.5. The summed E-state index contributed by atoms with van der Waals surface area (Å²) in [5.41, 5.74) is 9.91. The summed E-state index contributed by atoms with van der Waals surface area (Å²) in [5, 5.41) is 10.4. The van der Waals surface area contributed by atoms with Crippen LogP contribution in [0.15, 0.2) is 164 Å². The summed E-state index contributed by atoms with van der Waals surface area (Å²) in [6, 6.07) is 60.2. The predicted molar refractivity (Wildman–Crippen MR) is 200 cm³/mol. The van der Waals surface area contributed by atoms with E-state index in [-0.39, 0.29) is 12.1 Å². The van der Waals surface area contributed by atoms with Crippen molar-refractivity contribution < 1.29 is 4.74 Å². The average Bonchev–Trinajstić information content (AvgIpc) is 3.68. The molecule has 2 unspecified atom stereocenters. The molecule has 0 aromatic heterocycles. The molecular weight excluding hydrogens is 583 g/mol. The van der Waals surface area contributed by atoms with Gasteiger partial charge in [-0.3, -0.25) is 0 Å². The third-order valence-electron chi connectivity index (χ3n) is 10.7. The fourth-order valence-corrected chi connectivity index (χ4v) is 8.67. The Morgan fingerprint density at radius 3 is 1.96 bits per heavy atom. The Labute approximate surface area is 278 Å². The van der Waals surface area contributed by atoms with Crippen LogP contribution in [-0.2, 0) is 0 Å². The molecule has 0 saturated carbocycles. The number of benzene rings is 9. The third kappa shape index (κ3) is 3.52. The van der Waals surface area contributed by atoms with E-state index in [0.29, 0.717) is 0 Å². The quantitative estimate of drug-likeness (QED) is 0.184. The Morgan fingerprint density at radius 1 is 0.438 bits per heavy atom. The van der Waals surface area contributed by atoms with Crippen LogP contribution in [0.2, 0.25) is 0 Å². The van der Waals surface area contributed by atoms with Crippen molar-refractivity contribution in [3.05, 3.63) is 175 Å². The summed E-state index contributed by atoms with van der Waals surface area (Å²) < 4.78 is 6.57. The zero-order chi connectivity index (χ0) is 31.3. The number of hydrogen-bond donors (Lipinski definition) is 0. The summed E-state index contributed by atoms with van der Waals surface area (Å²) in [7, 11) is 0. The van der Waals surface area contributed by atoms with Crippen LogP contribution in [0, 0.1) is 0 Å². The molecule has 48 heavy (non-hydrogen) atoms. The summed E-state index contributed by atoms with van der Waals surface area (Å²) in [6.07, 6.45) is -0.0206. The second-order valence-corrected chi connectivity index (χ2v) is 13.2. The Balaban J connectivity index is 1.10. The van der Waals surface area contributed by atoms with Gasteiger partial charge in [0.1, 0.15) is 11.8 Å². The minimum absolute atomic E-state index is 0.0206. The summed E-state index contributed by atoms with van der Waals surface area (Å²) >= 11 is 0. The zero-order valence-corrected chi connectivity index (χ0v) is 26.1. The number of nitrogens with zero attached hydrogens (tertiary/aromatic N) is 1. The minimum Gasteiger partial charge on any atom is -0.483 e. The maximum Gasteiger partial charge on any atom is 0.151 e. The smallest absolute Gasteiger partial charge is 0.151 e. The van der Waals surface area contributed by atoms with Crippen molar-refractivity contribution in [2.75, 3.05) is 4.90 Å². The van der Waals surface area contributed by atoms with E-state index in [1.54, 1.807) is 0 Å². The van der Waals surface area contributed by atoms with Crippen molar-refractivity contribution in [3.63, 3.8) is 0 Å². The van der Waals surface area contributed by atoms with Gasteiger partial charge in [-0.1, -0.05) is 140 Å². The van der Waals surface area contributed by atoms with Crippen molar-refractivity contribution in [1.82, 2.24) is 0 Å². The molecule has 0 N–H and O–H groups in total. The predicted octanol–water partition coefficient (Wildman–Crippen LogP) is 12.4. The van der Waals surface area contributed by atoms with Crippen LogP contribution in [0.5, 0.6) is 5.75 Å². The van der Waals surface area contributed by atoms with Crippen LogP contribution in [0.3, 0.4) is 0 Å². The minimum atomic E-state index is -0.0206. The van der Waals surface area contributed by atoms with Gasteiger partial charge in [-0.2, -0.15) is 0 Å². The molecule has 0 amide bonds. The fourth-order valence-electron chi connectivity index (χ4n) is 8.67. The van der Waals surface area contributed by atoms with Crippen LogP contribution in [0.1, 0.15) is 23.3 Å². The molecule has 11 rings (SSSR count). The van der Waals surface area contributed by atoms with E-state index in [1.807, 2.05) is 0 Å². The van der Waals surface area contributed by atoms with Crippen LogP contribution < -0.4 is 9.64 Å². The molecule has 2 atom stereocenters. The highest BCUT2D eigenvalue weighted by Crippen LogP contribution is 2.58. The molecule has 0 radical (unpaired) electrons.